The average Bonchev–Trinajstić information content (AvgIpc) is 2.45. The van der Waals surface area contributed by atoms with E-state index >= 15 is 0 Å². The summed E-state index contributed by atoms with van der Waals surface area (Å²) in [6.45, 7) is -0.276. The summed E-state index contributed by atoms with van der Waals surface area (Å²) in [6, 6.07) is 8.90. The van der Waals surface area contributed by atoms with Crippen molar-refractivity contribution in [1.82, 2.24) is 4.31 Å². The summed E-state index contributed by atoms with van der Waals surface area (Å²) in [7, 11) is -3.99. The number of hydrogen-bond acceptors (Lipinski definition) is 3. The van der Waals surface area contributed by atoms with Gasteiger partial charge in [-0.2, -0.15) is 0 Å². The van der Waals surface area contributed by atoms with E-state index in [0.29, 0.717) is 9.87 Å². The smallest absolute Gasteiger partial charge is 0.306 e. The van der Waals surface area contributed by atoms with E-state index in [1.165, 1.54) is 18.2 Å². The predicted molar refractivity (Wildman–Crippen MR) is 79.6 cm³/mol. The maximum Gasteiger partial charge on any atom is 0.336 e. The molecule has 0 bridgehead atoms. The summed E-state index contributed by atoms with van der Waals surface area (Å²) >= 11 is 5.90. The van der Waals surface area contributed by atoms with E-state index in [-0.39, 0.29) is 22.2 Å². The van der Waals surface area contributed by atoms with Crippen LogP contribution in [0.3, 0.4) is 0 Å². The van der Waals surface area contributed by atoms with Crippen LogP contribution in [0.25, 0.3) is 0 Å². The van der Waals surface area contributed by atoms with Gasteiger partial charge >= 0.3 is 6.03 Å². The number of sulfonamides is 1. The van der Waals surface area contributed by atoms with E-state index in [2.05, 4.69) is 5.32 Å². The minimum absolute atomic E-state index is 0.00725. The Morgan fingerprint density at radius 3 is 2.64 bits per heavy atom. The van der Waals surface area contributed by atoms with Gasteiger partial charge in [-0.05, 0) is 29.8 Å². The van der Waals surface area contributed by atoms with Crippen LogP contribution in [-0.2, 0) is 16.6 Å². The van der Waals surface area contributed by atoms with Gasteiger partial charge in [0.05, 0.1) is 12.2 Å². The monoisotopic (exact) mass is 340 g/mol. The van der Waals surface area contributed by atoms with Crippen molar-refractivity contribution >= 4 is 33.3 Å². The van der Waals surface area contributed by atoms with Gasteiger partial charge in [0.15, 0.2) is 0 Å². The molecule has 22 heavy (non-hydrogen) atoms. The van der Waals surface area contributed by atoms with E-state index < -0.39 is 21.9 Å². The molecule has 8 heteroatoms. The van der Waals surface area contributed by atoms with Gasteiger partial charge in [-0.1, -0.05) is 29.8 Å². The third-order valence-electron chi connectivity index (χ3n) is 3.25. The molecule has 0 fully saturated rings. The lowest BCUT2D eigenvalue weighted by atomic mass is 10.2. The zero-order chi connectivity index (χ0) is 15.9. The van der Waals surface area contributed by atoms with Crippen LogP contribution in [0.5, 0.6) is 0 Å². The molecule has 3 rings (SSSR count). The first-order valence-corrected chi connectivity index (χ1v) is 8.08. The Balaban J connectivity index is 2.03. The highest BCUT2D eigenvalue weighted by molar-refractivity contribution is 7.90. The number of nitrogens with one attached hydrogen (secondary N) is 1. The van der Waals surface area contributed by atoms with Crippen LogP contribution in [0.15, 0.2) is 47.4 Å². The molecular weight excluding hydrogens is 331 g/mol. The summed E-state index contributed by atoms with van der Waals surface area (Å²) in [5, 5.41) is 2.56. The number of hydrogen-bond donors (Lipinski definition) is 1. The van der Waals surface area contributed by atoms with Gasteiger partial charge in [0.2, 0.25) is 0 Å². The molecule has 2 aromatic rings. The van der Waals surface area contributed by atoms with Crippen molar-refractivity contribution in [2.45, 2.75) is 11.4 Å². The maximum absolute atomic E-state index is 13.1. The molecule has 0 saturated heterocycles. The number of amides is 2. The Morgan fingerprint density at radius 1 is 1.18 bits per heavy atom. The number of nitrogens with zero attached hydrogens (tertiary/aromatic N) is 1. The highest BCUT2D eigenvalue weighted by atomic mass is 35.5. The van der Waals surface area contributed by atoms with E-state index in [9.17, 15) is 17.6 Å². The van der Waals surface area contributed by atoms with E-state index in [1.54, 1.807) is 12.1 Å². The molecule has 1 aliphatic heterocycles. The Hall–Kier alpha value is -2.12. The van der Waals surface area contributed by atoms with Crippen molar-refractivity contribution in [1.29, 1.82) is 0 Å². The van der Waals surface area contributed by atoms with E-state index in [0.717, 1.165) is 12.1 Å². The van der Waals surface area contributed by atoms with Gasteiger partial charge in [0, 0.05) is 5.02 Å². The molecule has 2 aromatic carbocycles. The van der Waals surface area contributed by atoms with Crippen molar-refractivity contribution in [2.24, 2.45) is 0 Å². The zero-order valence-corrected chi connectivity index (χ0v) is 12.7. The second kappa shape index (κ2) is 5.26. The van der Waals surface area contributed by atoms with E-state index in [4.69, 9.17) is 11.6 Å². The van der Waals surface area contributed by atoms with Crippen LogP contribution in [0.4, 0.5) is 14.9 Å². The summed E-state index contributed by atoms with van der Waals surface area (Å²) in [5.74, 6) is -0.537. The molecule has 2 amide bonds. The fourth-order valence-corrected chi connectivity index (χ4v) is 3.85. The molecule has 0 saturated carbocycles. The standard InChI is InChI=1S/C14H10ClFN2O3S/c15-11-7-10(16)6-5-9(11)8-18-14(19)17-12-3-1-2-4-13(12)22(18,20)21/h1-7H,8H2,(H,17,19). The van der Waals surface area contributed by atoms with Crippen molar-refractivity contribution < 1.29 is 17.6 Å². The second-order valence-corrected chi connectivity index (χ2v) is 6.91. The van der Waals surface area contributed by atoms with Crippen LogP contribution >= 0.6 is 11.6 Å². The number of halogens is 2. The molecule has 0 aliphatic carbocycles. The zero-order valence-electron chi connectivity index (χ0n) is 11.1. The van der Waals surface area contributed by atoms with E-state index in [1.807, 2.05) is 0 Å². The molecule has 114 valence electrons. The number of rotatable bonds is 2. The highest BCUT2D eigenvalue weighted by Gasteiger charge is 2.36. The summed E-state index contributed by atoms with van der Waals surface area (Å²) < 4.78 is 38.8. The van der Waals surface area contributed by atoms with Gasteiger partial charge in [0.25, 0.3) is 10.0 Å². The van der Waals surface area contributed by atoms with Gasteiger partial charge in [-0.15, -0.1) is 0 Å². The number of carbonyl (C=O) groups is 1. The number of benzene rings is 2. The molecule has 1 heterocycles. The van der Waals surface area contributed by atoms with Crippen LogP contribution in [0.2, 0.25) is 5.02 Å². The number of para-hydroxylation sites is 1. The number of urea groups is 1. The molecule has 5 nitrogen and oxygen atoms in total. The first kappa shape index (κ1) is 14.8. The quantitative estimate of drug-likeness (QED) is 0.912. The predicted octanol–water partition coefficient (Wildman–Crippen LogP) is 3.22. The molecule has 0 atom stereocenters. The molecule has 0 unspecified atom stereocenters. The summed E-state index contributed by atoms with van der Waals surface area (Å²) in [6.07, 6.45) is 0. The summed E-state index contributed by atoms with van der Waals surface area (Å²) in [5.41, 5.74) is 0.565. The normalized spacial score (nSPS) is 16.1. The topological polar surface area (TPSA) is 66.5 Å². The maximum atomic E-state index is 13.1. The minimum Gasteiger partial charge on any atom is -0.306 e. The van der Waals surface area contributed by atoms with Gasteiger partial charge in [-0.25, -0.2) is 21.9 Å². The van der Waals surface area contributed by atoms with Crippen molar-refractivity contribution in [3.8, 4) is 0 Å². The lowest BCUT2D eigenvalue weighted by Gasteiger charge is -2.28. The molecule has 1 aliphatic rings. The fourth-order valence-electron chi connectivity index (χ4n) is 2.16. The summed E-state index contributed by atoms with van der Waals surface area (Å²) in [4.78, 5) is 12.1. The number of fused-ring (bicyclic) bond motifs is 1. The van der Waals surface area contributed by atoms with Crippen molar-refractivity contribution in [3.05, 3.63) is 58.9 Å². The lowest BCUT2D eigenvalue weighted by Crippen LogP contribution is -2.43. The molecule has 0 aromatic heterocycles. The van der Waals surface area contributed by atoms with Crippen molar-refractivity contribution in [3.63, 3.8) is 0 Å². The van der Waals surface area contributed by atoms with Crippen LogP contribution in [0.1, 0.15) is 5.56 Å². The Labute approximate surface area is 131 Å². The Morgan fingerprint density at radius 2 is 1.91 bits per heavy atom. The van der Waals surface area contributed by atoms with Gasteiger partial charge < -0.3 is 5.32 Å². The largest absolute Gasteiger partial charge is 0.336 e. The third-order valence-corrected chi connectivity index (χ3v) is 5.39. The van der Waals surface area contributed by atoms with Crippen LogP contribution in [-0.4, -0.2) is 18.8 Å². The van der Waals surface area contributed by atoms with Crippen LogP contribution < -0.4 is 5.32 Å². The highest BCUT2D eigenvalue weighted by Crippen LogP contribution is 2.31. The number of anilines is 1. The van der Waals surface area contributed by atoms with Gasteiger partial charge in [0.1, 0.15) is 10.7 Å². The molecule has 0 spiro atoms. The lowest BCUT2D eigenvalue weighted by molar-refractivity contribution is 0.233. The van der Waals surface area contributed by atoms with Gasteiger partial charge in [-0.3, -0.25) is 0 Å². The average molecular weight is 341 g/mol. The number of carbonyl (C=O) groups excluding carboxylic acids is 1. The molecular formula is C14H10ClFN2O3S. The second-order valence-electron chi connectivity index (χ2n) is 4.67. The Bertz CT molecular complexity index is 870. The molecule has 0 radical (unpaired) electrons. The van der Waals surface area contributed by atoms with Crippen molar-refractivity contribution in [2.75, 3.05) is 5.32 Å². The Kier molecular flexibility index (Phi) is 3.54. The minimum atomic E-state index is -3.99. The van der Waals surface area contributed by atoms with Crippen LogP contribution in [0, 0.1) is 5.82 Å². The fraction of sp³-hybridized carbons (Fsp3) is 0.0714. The molecule has 1 N–H and O–H groups in total. The first-order valence-electron chi connectivity index (χ1n) is 6.26. The third kappa shape index (κ3) is 2.42. The first-order chi connectivity index (χ1) is 10.4. The SMILES string of the molecule is O=C1Nc2ccccc2S(=O)(=O)N1Cc1ccc(F)cc1Cl.